The lowest BCUT2D eigenvalue weighted by atomic mass is 10.1. The fourth-order valence-electron chi connectivity index (χ4n) is 8.68. The highest BCUT2D eigenvalue weighted by Crippen LogP contribution is 2.27. The van der Waals surface area contributed by atoms with E-state index in [0.717, 1.165) is 69.0 Å². The van der Waals surface area contributed by atoms with Crippen molar-refractivity contribution < 1.29 is 18.6 Å². The molecule has 0 rings (SSSR count). The highest BCUT2D eigenvalue weighted by Gasteiger charge is 2.33. The van der Waals surface area contributed by atoms with Crippen LogP contribution in [0, 0.1) is 0 Å². The molecule has 0 N–H and O–H groups in total. The van der Waals surface area contributed by atoms with Gasteiger partial charge in [0.25, 0.3) is 5.97 Å². The molecule has 0 aromatic rings. The molecule has 0 unspecified atom stereocenters. The maximum Gasteiger partial charge on any atom is 0.282 e. The predicted molar refractivity (Wildman–Crippen MR) is 266 cm³/mol. The van der Waals surface area contributed by atoms with E-state index in [1.807, 2.05) is 0 Å². The van der Waals surface area contributed by atoms with Gasteiger partial charge in [-0.05, 0) is 32.1 Å². The third-order valence-electron chi connectivity index (χ3n) is 12.8. The molecule has 0 heterocycles. The molecule has 0 aromatic heterocycles. The Morgan fingerprint density at radius 3 is 0.644 bits per heavy atom. The Bertz CT molecular complexity index is 661. The monoisotopic (exact) mass is 853 g/mol. The quantitative estimate of drug-likeness (QED) is 0.0347. The summed E-state index contributed by atoms with van der Waals surface area (Å²) in [7, 11) is 0.879. The largest absolute Gasteiger partial charge is 0.428 e. The molecular weight excluding hydrogens is 741 g/mol. The van der Waals surface area contributed by atoms with E-state index in [-0.39, 0.29) is 0 Å². The molecule has 0 saturated carbocycles. The first-order valence-electron chi connectivity index (χ1n) is 27.7. The molecule has 59 heavy (non-hydrogen) atoms. The Labute approximate surface area is 376 Å². The maximum atomic E-state index is 6.78. The lowest BCUT2D eigenvalue weighted by molar-refractivity contribution is -0.384. The van der Waals surface area contributed by atoms with Gasteiger partial charge in [0, 0.05) is 13.0 Å². The summed E-state index contributed by atoms with van der Waals surface area (Å²) in [6.07, 6.45) is 61.8. The van der Waals surface area contributed by atoms with Crippen molar-refractivity contribution in [2.75, 3.05) is 26.4 Å². The average molecular weight is 854 g/mol. The highest BCUT2D eigenvalue weighted by atomic mass is 28.2. The number of ether oxygens (including phenoxy) is 3. The Hall–Kier alpha value is 0.0569. The fourth-order valence-corrected chi connectivity index (χ4v) is 8.97. The van der Waals surface area contributed by atoms with E-state index >= 15 is 0 Å². The summed E-state index contributed by atoms with van der Waals surface area (Å²) < 4.78 is 25.7. The van der Waals surface area contributed by atoms with Crippen molar-refractivity contribution in [1.82, 2.24) is 0 Å². The summed E-state index contributed by atoms with van der Waals surface area (Å²) in [5.41, 5.74) is 0. The van der Waals surface area contributed by atoms with Crippen LogP contribution in [0.3, 0.4) is 0 Å². The van der Waals surface area contributed by atoms with E-state index in [2.05, 4.69) is 20.8 Å². The molecule has 0 saturated heterocycles. The molecule has 0 aliphatic heterocycles. The minimum absolute atomic E-state index is 0.763. The summed E-state index contributed by atoms with van der Waals surface area (Å²) in [5, 5.41) is 0. The van der Waals surface area contributed by atoms with Gasteiger partial charge in [-0.2, -0.15) is 0 Å². The van der Waals surface area contributed by atoms with Crippen molar-refractivity contribution in [2.45, 2.75) is 322 Å². The SMILES string of the molecule is CCCCCCCCCCCCCCOC(CCCCCCCCCCCO[SiH3])(OCCCCCCCCCCCCCC)OCCCCCCCCCCCCCC. The third kappa shape index (κ3) is 47.4. The molecule has 0 radical (unpaired) electrons. The topological polar surface area (TPSA) is 36.9 Å². The summed E-state index contributed by atoms with van der Waals surface area (Å²) in [4.78, 5) is 0. The summed E-state index contributed by atoms with van der Waals surface area (Å²) in [5.74, 6) is -0.850. The molecule has 5 heteroatoms. The second-order valence-electron chi connectivity index (χ2n) is 18.8. The zero-order chi connectivity index (χ0) is 42.7. The number of unbranched alkanes of at least 4 members (excludes halogenated alkanes) is 41. The second kappa shape index (κ2) is 52.4. The molecule has 0 amide bonds. The molecule has 0 aliphatic carbocycles. The molecule has 4 nitrogen and oxygen atoms in total. The van der Waals surface area contributed by atoms with E-state index in [0.29, 0.717) is 0 Å². The van der Waals surface area contributed by atoms with Crippen LogP contribution in [0.25, 0.3) is 0 Å². The zero-order valence-electron chi connectivity index (χ0n) is 41.5. The van der Waals surface area contributed by atoms with Crippen molar-refractivity contribution in [3.63, 3.8) is 0 Å². The first-order valence-corrected chi connectivity index (χ1v) is 28.5. The standard InChI is InChI=1S/C54H112O4Si/c1-4-7-10-13-16-19-22-25-30-35-40-45-50-55-54(49-44-39-34-29-28-33-38-43-48-53-58-59,56-51-46-41-36-31-26-23-20-17-14-11-8-5-2)57-52-47-42-37-32-27-24-21-18-15-12-9-6-3/h4-53H2,1-3,59H3. The molecular formula is C54H112O4Si. The van der Waals surface area contributed by atoms with Gasteiger partial charge < -0.3 is 18.6 Å². The van der Waals surface area contributed by atoms with E-state index in [4.69, 9.17) is 18.6 Å². The summed E-state index contributed by atoms with van der Waals surface area (Å²) in [6, 6.07) is 0. The van der Waals surface area contributed by atoms with Crippen LogP contribution in [-0.2, 0) is 18.6 Å². The van der Waals surface area contributed by atoms with Gasteiger partial charge in [0.1, 0.15) is 10.5 Å². The molecule has 356 valence electrons. The molecule has 0 bridgehead atoms. The van der Waals surface area contributed by atoms with Crippen molar-refractivity contribution in [3.8, 4) is 0 Å². The molecule has 0 spiro atoms. The smallest absolute Gasteiger partial charge is 0.282 e. The van der Waals surface area contributed by atoms with Gasteiger partial charge in [-0.25, -0.2) is 0 Å². The van der Waals surface area contributed by atoms with Gasteiger partial charge in [0.05, 0.1) is 19.8 Å². The minimum Gasteiger partial charge on any atom is -0.428 e. The number of hydrogen-bond donors (Lipinski definition) is 0. The lowest BCUT2D eigenvalue weighted by Crippen LogP contribution is -2.40. The van der Waals surface area contributed by atoms with Crippen molar-refractivity contribution in [2.24, 2.45) is 0 Å². The molecule has 0 aromatic carbocycles. The van der Waals surface area contributed by atoms with E-state index < -0.39 is 5.97 Å². The van der Waals surface area contributed by atoms with E-state index in [1.165, 1.54) is 263 Å². The molecule has 0 fully saturated rings. The first-order chi connectivity index (χ1) is 29.2. The van der Waals surface area contributed by atoms with Crippen molar-refractivity contribution in [1.29, 1.82) is 0 Å². The molecule has 0 atom stereocenters. The van der Waals surface area contributed by atoms with Gasteiger partial charge in [0.2, 0.25) is 0 Å². The normalized spacial score (nSPS) is 12.1. The second-order valence-corrected chi connectivity index (χ2v) is 19.4. The Balaban J connectivity index is 4.90. The van der Waals surface area contributed by atoms with Crippen LogP contribution < -0.4 is 0 Å². The zero-order valence-corrected chi connectivity index (χ0v) is 43.5. The summed E-state index contributed by atoms with van der Waals surface area (Å²) in [6.45, 7) is 10.2. The Morgan fingerprint density at radius 1 is 0.237 bits per heavy atom. The van der Waals surface area contributed by atoms with Crippen LogP contribution in [0.2, 0.25) is 0 Å². The van der Waals surface area contributed by atoms with Gasteiger partial charge >= 0.3 is 0 Å². The highest BCUT2D eigenvalue weighted by molar-refractivity contribution is 5.97. The van der Waals surface area contributed by atoms with Crippen LogP contribution in [0.15, 0.2) is 0 Å². The summed E-state index contributed by atoms with van der Waals surface area (Å²) >= 11 is 0. The van der Waals surface area contributed by atoms with Crippen LogP contribution in [0.5, 0.6) is 0 Å². The molecule has 0 aliphatic rings. The van der Waals surface area contributed by atoms with Gasteiger partial charge in [-0.1, -0.05) is 278 Å². The Morgan fingerprint density at radius 2 is 0.424 bits per heavy atom. The Kier molecular flexibility index (Phi) is 52.5. The van der Waals surface area contributed by atoms with Crippen LogP contribution in [0.4, 0.5) is 0 Å². The third-order valence-corrected chi connectivity index (χ3v) is 13.2. The minimum atomic E-state index is -0.850. The number of hydrogen-bond acceptors (Lipinski definition) is 4. The van der Waals surface area contributed by atoms with Gasteiger partial charge in [-0.3, -0.25) is 0 Å². The van der Waals surface area contributed by atoms with Crippen molar-refractivity contribution in [3.05, 3.63) is 0 Å². The van der Waals surface area contributed by atoms with Crippen LogP contribution in [-0.4, -0.2) is 42.9 Å². The maximum absolute atomic E-state index is 6.78. The van der Waals surface area contributed by atoms with Crippen LogP contribution in [0.1, 0.15) is 316 Å². The van der Waals surface area contributed by atoms with Crippen molar-refractivity contribution >= 4 is 10.5 Å². The van der Waals surface area contributed by atoms with E-state index in [9.17, 15) is 0 Å². The van der Waals surface area contributed by atoms with Gasteiger partial charge in [-0.15, -0.1) is 0 Å². The van der Waals surface area contributed by atoms with Crippen LogP contribution >= 0.6 is 0 Å². The average Bonchev–Trinajstić information content (AvgIpc) is 3.24. The predicted octanol–water partition coefficient (Wildman–Crippen LogP) is 18.0. The fraction of sp³-hybridized carbons (Fsp3) is 1.00. The lowest BCUT2D eigenvalue weighted by Gasteiger charge is -2.34. The van der Waals surface area contributed by atoms with Gasteiger partial charge in [0.15, 0.2) is 0 Å². The number of rotatable bonds is 54. The van der Waals surface area contributed by atoms with E-state index in [1.54, 1.807) is 0 Å². The first kappa shape index (κ1) is 59.1.